The largest absolute Gasteiger partial charge is 0.469 e. The van der Waals surface area contributed by atoms with E-state index in [2.05, 4.69) is 33.8 Å². The smallest absolute Gasteiger partial charge is 0.333 e. The van der Waals surface area contributed by atoms with Gasteiger partial charge in [-0.25, -0.2) is 4.79 Å². The minimum absolute atomic E-state index is 0.116. The highest BCUT2D eigenvalue weighted by Gasteiger charge is 2.53. The van der Waals surface area contributed by atoms with Gasteiger partial charge < -0.3 is 9.47 Å². The molecule has 0 radical (unpaired) electrons. The van der Waals surface area contributed by atoms with Crippen LogP contribution in [0.4, 0.5) is 0 Å². The van der Waals surface area contributed by atoms with Gasteiger partial charge in [-0.1, -0.05) is 40.2 Å². The van der Waals surface area contributed by atoms with Crippen LogP contribution in [0.2, 0.25) is 0 Å². The van der Waals surface area contributed by atoms with Crippen molar-refractivity contribution in [2.24, 2.45) is 28.6 Å². The average Bonchev–Trinajstić information content (AvgIpc) is 2.58. The Labute approximate surface area is 158 Å². The van der Waals surface area contributed by atoms with E-state index in [1.54, 1.807) is 0 Å². The molecular formula is C22H36O4. The van der Waals surface area contributed by atoms with Gasteiger partial charge in [0.15, 0.2) is 0 Å². The Morgan fingerprint density at radius 1 is 1.19 bits per heavy atom. The lowest BCUT2D eigenvalue weighted by molar-refractivity contribution is -0.142. The van der Waals surface area contributed by atoms with Crippen molar-refractivity contribution in [2.45, 2.75) is 72.6 Å². The molecule has 0 amide bonds. The molecule has 0 N–H and O–H groups in total. The van der Waals surface area contributed by atoms with Crippen molar-refractivity contribution in [2.75, 3.05) is 14.2 Å². The van der Waals surface area contributed by atoms with Gasteiger partial charge in [0.1, 0.15) is 0 Å². The molecule has 1 saturated carbocycles. The number of hydrogen-bond donors (Lipinski definition) is 0. The highest BCUT2D eigenvalue weighted by atomic mass is 16.5. The molecule has 0 aromatic rings. The average molecular weight is 365 g/mol. The summed E-state index contributed by atoms with van der Waals surface area (Å²) in [5, 5.41) is 0. The molecule has 0 aromatic heterocycles. The molecule has 0 spiro atoms. The molecule has 0 unspecified atom stereocenters. The first-order valence-electron chi connectivity index (χ1n) is 10.0. The van der Waals surface area contributed by atoms with Crippen LogP contribution in [0.5, 0.6) is 0 Å². The van der Waals surface area contributed by atoms with Crippen molar-refractivity contribution < 1.29 is 19.1 Å². The normalized spacial score (nSPS) is 31.4. The molecule has 2 aliphatic carbocycles. The first-order chi connectivity index (χ1) is 12.2. The summed E-state index contributed by atoms with van der Waals surface area (Å²) in [5.74, 6) is 0.694. The molecule has 0 saturated heterocycles. The number of allylic oxidation sites excluding steroid dienone is 1. The first-order valence-corrected chi connectivity index (χ1v) is 10.0. The number of fused-ring (bicyclic) bond motifs is 1. The molecule has 4 nitrogen and oxygen atoms in total. The van der Waals surface area contributed by atoms with Crippen LogP contribution in [-0.2, 0) is 19.1 Å². The molecule has 26 heavy (non-hydrogen) atoms. The van der Waals surface area contributed by atoms with Crippen molar-refractivity contribution >= 4 is 11.9 Å². The molecule has 148 valence electrons. The third-order valence-electron chi connectivity index (χ3n) is 7.13. The number of carbonyl (C=O) groups is 2. The lowest BCUT2D eigenvalue weighted by Gasteiger charge is -2.56. The van der Waals surface area contributed by atoms with E-state index in [9.17, 15) is 9.59 Å². The lowest BCUT2D eigenvalue weighted by atomic mass is 9.48. The van der Waals surface area contributed by atoms with Crippen molar-refractivity contribution in [1.29, 1.82) is 0 Å². The highest BCUT2D eigenvalue weighted by molar-refractivity contribution is 5.89. The quantitative estimate of drug-likeness (QED) is 0.628. The summed E-state index contributed by atoms with van der Waals surface area (Å²) in [6.07, 6.45) is 8.99. The van der Waals surface area contributed by atoms with E-state index >= 15 is 0 Å². The maximum atomic E-state index is 12.5. The summed E-state index contributed by atoms with van der Waals surface area (Å²) in [5.41, 5.74) is 1.26. The van der Waals surface area contributed by atoms with Crippen LogP contribution in [0.1, 0.15) is 72.6 Å². The summed E-state index contributed by atoms with van der Waals surface area (Å²) in [4.78, 5) is 24.0. The summed E-state index contributed by atoms with van der Waals surface area (Å²) in [6, 6.07) is 0. The molecular weight excluding hydrogens is 328 g/mol. The summed E-state index contributed by atoms with van der Waals surface area (Å²) in [7, 11) is 2.91. The van der Waals surface area contributed by atoms with Crippen LogP contribution in [0, 0.1) is 28.6 Å². The zero-order valence-electron chi connectivity index (χ0n) is 17.4. The second-order valence-electron chi connectivity index (χ2n) is 9.30. The molecule has 0 aromatic carbocycles. The summed E-state index contributed by atoms with van der Waals surface area (Å²) < 4.78 is 9.90. The third kappa shape index (κ3) is 4.15. The molecule has 1 fully saturated rings. The maximum Gasteiger partial charge on any atom is 0.333 e. The van der Waals surface area contributed by atoms with Crippen LogP contribution in [0.25, 0.3) is 0 Å². The first kappa shape index (κ1) is 21.0. The van der Waals surface area contributed by atoms with Crippen molar-refractivity contribution in [3.05, 3.63) is 11.6 Å². The van der Waals surface area contributed by atoms with E-state index in [-0.39, 0.29) is 29.2 Å². The van der Waals surface area contributed by atoms with Crippen molar-refractivity contribution in [3.8, 4) is 0 Å². The van der Waals surface area contributed by atoms with Crippen LogP contribution in [0.3, 0.4) is 0 Å². The van der Waals surface area contributed by atoms with Crippen molar-refractivity contribution in [3.63, 3.8) is 0 Å². The van der Waals surface area contributed by atoms with E-state index in [0.29, 0.717) is 17.8 Å². The van der Waals surface area contributed by atoms with Gasteiger partial charge in [-0.2, -0.15) is 0 Å². The summed E-state index contributed by atoms with van der Waals surface area (Å²) >= 11 is 0. The third-order valence-corrected chi connectivity index (χ3v) is 7.13. The van der Waals surface area contributed by atoms with Crippen LogP contribution < -0.4 is 0 Å². The van der Waals surface area contributed by atoms with Crippen molar-refractivity contribution in [1.82, 2.24) is 0 Å². The lowest BCUT2D eigenvalue weighted by Crippen LogP contribution is -2.49. The van der Waals surface area contributed by atoms with E-state index in [0.717, 1.165) is 31.3 Å². The van der Waals surface area contributed by atoms with E-state index in [4.69, 9.17) is 9.47 Å². The number of rotatable bonds is 6. The molecule has 4 atom stereocenters. The van der Waals surface area contributed by atoms with Crippen LogP contribution in [-0.4, -0.2) is 26.2 Å². The predicted molar refractivity (Wildman–Crippen MR) is 102 cm³/mol. The minimum Gasteiger partial charge on any atom is -0.469 e. The zero-order chi connectivity index (χ0) is 19.5. The molecule has 2 aliphatic rings. The molecule has 4 heteroatoms. The fraction of sp³-hybridized carbons (Fsp3) is 0.818. The van der Waals surface area contributed by atoms with E-state index < -0.39 is 0 Å². The standard InChI is InChI=1S/C22H36O4/c1-15(14-19(23)25-5)8-10-17-16(20(24)26-6)9-11-18-21(2,3)12-7-13-22(17,18)4/h9,15,17-18H,7-8,10-14H2,1-6H3/t15-,17-,18-,22+/m1/s1. The van der Waals surface area contributed by atoms with E-state index in [1.807, 2.05) is 0 Å². The van der Waals surface area contributed by atoms with Gasteiger partial charge in [0.25, 0.3) is 0 Å². The van der Waals surface area contributed by atoms with Gasteiger partial charge in [-0.05, 0) is 60.7 Å². The number of hydrogen-bond acceptors (Lipinski definition) is 4. The van der Waals surface area contributed by atoms with E-state index in [1.165, 1.54) is 27.1 Å². The van der Waals surface area contributed by atoms with Gasteiger partial charge >= 0.3 is 11.9 Å². The number of carbonyl (C=O) groups excluding carboxylic acids is 2. The molecule has 2 rings (SSSR count). The Morgan fingerprint density at radius 2 is 1.88 bits per heavy atom. The SMILES string of the molecule is COC(=O)C[C@H](C)CC[C@@H]1C(C(=O)OC)=CC[C@@H]2C(C)(C)CCC[C@@]12C. The van der Waals surface area contributed by atoms with Gasteiger partial charge in [-0.15, -0.1) is 0 Å². The summed E-state index contributed by atoms with van der Waals surface area (Å²) in [6.45, 7) is 9.22. The molecule has 0 heterocycles. The Balaban J connectivity index is 2.24. The maximum absolute atomic E-state index is 12.5. The second kappa shape index (κ2) is 8.14. The zero-order valence-corrected chi connectivity index (χ0v) is 17.4. The number of ether oxygens (including phenoxy) is 2. The Kier molecular flexibility index (Phi) is 6.57. The fourth-order valence-electron chi connectivity index (χ4n) is 5.66. The highest BCUT2D eigenvalue weighted by Crippen LogP contribution is 2.60. The van der Waals surface area contributed by atoms with Gasteiger partial charge in [-0.3, -0.25) is 4.79 Å². The molecule has 0 bridgehead atoms. The second-order valence-corrected chi connectivity index (χ2v) is 9.30. The monoisotopic (exact) mass is 364 g/mol. The number of esters is 2. The van der Waals surface area contributed by atoms with Gasteiger partial charge in [0.05, 0.1) is 14.2 Å². The van der Waals surface area contributed by atoms with Gasteiger partial charge in [0, 0.05) is 12.0 Å². The Bertz CT molecular complexity index is 562. The predicted octanol–water partition coefficient (Wildman–Crippen LogP) is 4.92. The van der Waals surface area contributed by atoms with Crippen LogP contribution in [0.15, 0.2) is 11.6 Å². The fourth-order valence-corrected chi connectivity index (χ4v) is 5.66. The Morgan fingerprint density at radius 3 is 2.50 bits per heavy atom. The topological polar surface area (TPSA) is 52.6 Å². The molecule has 0 aliphatic heterocycles. The minimum atomic E-state index is -0.182. The number of methoxy groups -OCH3 is 2. The Hall–Kier alpha value is -1.32. The van der Waals surface area contributed by atoms with Gasteiger partial charge in [0.2, 0.25) is 0 Å². The van der Waals surface area contributed by atoms with Crippen LogP contribution >= 0.6 is 0 Å².